The molecule has 1 aromatic carbocycles. The van der Waals surface area contributed by atoms with Gasteiger partial charge in [-0.1, -0.05) is 15.9 Å². The van der Waals surface area contributed by atoms with E-state index < -0.39 is 0 Å². The number of nitrogens with two attached hydrogens (primary N) is 1. The van der Waals surface area contributed by atoms with Gasteiger partial charge in [0.05, 0.1) is 0 Å². The summed E-state index contributed by atoms with van der Waals surface area (Å²) in [4.78, 5) is 3.21. The van der Waals surface area contributed by atoms with Crippen LogP contribution in [0.25, 0.3) is 10.9 Å². The largest absolute Gasteiger partial charge is 0.361 e. The molecule has 0 radical (unpaired) electrons. The monoisotopic (exact) mass is 238 g/mol. The molecule has 0 spiro atoms. The molecule has 0 amide bonds. The first-order valence-electron chi connectivity index (χ1n) is 4.19. The van der Waals surface area contributed by atoms with Gasteiger partial charge in [-0.05, 0) is 30.2 Å². The Balaban J connectivity index is 2.85. The van der Waals surface area contributed by atoms with E-state index in [9.17, 15) is 0 Å². The lowest BCUT2D eigenvalue weighted by Gasteiger charge is -2.01. The topological polar surface area (TPSA) is 41.8 Å². The van der Waals surface area contributed by atoms with Crippen molar-refractivity contribution < 1.29 is 0 Å². The SMILES string of the molecule is Cc1c(Br)ccc2[nH]cc(CN)c12. The Morgan fingerprint density at radius 2 is 2.23 bits per heavy atom. The van der Waals surface area contributed by atoms with Gasteiger partial charge in [-0.3, -0.25) is 0 Å². The van der Waals surface area contributed by atoms with Crippen LogP contribution in [0.1, 0.15) is 11.1 Å². The number of fused-ring (bicyclic) bond motifs is 1. The predicted molar refractivity (Wildman–Crippen MR) is 58.6 cm³/mol. The Bertz CT molecular complexity index is 445. The summed E-state index contributed by atoms with van der Waals surface area (Å²) in [6, 6.07) is 4.11. The Labute approximate surface area is 85.3 Å². The van der Waals surface area contributed by atoms with Crippen LogP contribution in [0.5, 0.6) is 0 Å². The van der Waals surface area contributed by atoms with Gasteiger partial charge in [0.2, 0.25) is 0 Å². The highest BCUT2D eigenvalue weighted by Crippen LogP contribution is 2.27. The minimum absolute atomic E-state index is 0.581. The molecule has 0 atom stereocenters. The van der Waals surface area contributed by atoms with Gasteiger partial charge in [-0.2, -0.15) is 0 Å². The van der Waals surface area contributed by atoms with Crippen molar-refractivity contribution in [2.75, 3.05) is 0 Å². The molecule has 1 aromatic heterocycles. The standard InChI is InChI=1S/C10H11BrN2/c1-6-8(11)2-3-9-10(6)7(4-12)5-13-9/h2-3,5,13H,4,12H2,1H3. The smallest absolute Gasteiger partial charge is 0.0460 e. The van der Waals surface area contributed by atoms with Crippen molar-refractivity contribution in [2.24, 2.45) is 5.73 Å². The number of aryl methyl sites for hydroxylation is 1. The second-order valence-corrected chi connectivity index (χ2v) is 3.97. The molecule has 3 N–H and O–H groups in total. The minimum atomic E-state index is 0.581. The average Bonchev–Trinajstić information content (AvgIpc) is 2.55. The summed E-state index contributed by atoms with van der Waals surface area (Å²) in [5.74, 6) is 0. The first-order chi connectivity index (χ1) is 6.24. The molecule has 0 saturated heterocycles. The van der Waals surface area contributed by atoms with Crippen molar-refractivity contribution in [3.63, 3.8) is 0 Å². The van der Waals surface area contributed by atoms with E-state index in [1.807, 2.05) is 6.20 Å². The van der Waals surface area contributed by atoms with E-state index in [0.717, 1.165) is 9.99 Å². The zero-order valence-electron chi connectivity index (χ0n) is 7.39. The van der Waals surface area contributed by atoms with E-state index in [4.69, 9.17) is 5.73 Å². The van der Waals surface area contributed by atoms with Crippen LogP contribution < -0.4 is 5.73 Å². The number of aromatic nitrogens is 1. The lowest BCUT2D eigenvalue weighted by Crippen LogP contribution is -1.95. The van der Waals surface area contributed by atoms with Crippen molar-refractivity contribution in [1.29, 1.82) is 0 Å². The molecule has 0 fully saturated rings. The van der Waals surface area contributed by atoms with E-state index in [2.05, 4.69) is 40.0 Å². The van der Waals surface area contributed by atoms with Crippen molar-refractivity contribution in [3.8, 4) is 0 Å². The maximum atomic E-state index is 5.64. The molecular weight excluding hydrogens is 228 g/mol. The van der Waals surface area contributed by atoms with E-state index in [1.54, 1.807) is 0 Å². The summed E-state index contributed by atoms with van der Waals surface area (Å²) in [6.07, 6.45) is 1.98. The van der Waals surface area contributed by atoms with E-state index >= 15 is 0 Å². The molecule has 3 heteroatoms. The number of nitrogens with one attached hydrogen (secondary N) is 1. The van der Waals surface area contributed by atoms with Crippen molar-refractivity contribution in [2.45, 2.75) is 13.5 Å². The van der Waals surface area contributed by atoms with Crippen LogP contribution in [0.3, 0.4) is 0 Å². The molecule has 68 valence electrons. The van der Waals surface area contributed by atoms with Gasteiger partial charge < -0.3 is 10.7 Å². The second-order valence-electron chi connectivity index (χ2n) is 3.11. The first-order valence-corrected chi connectivity index (χ1v) is 4.98. The number of rotatable bonds is 1. The molecule has 13 heavy (non-hydrogen) atoms. The van der Waals surface area contributed by atoms with Gasteiger partial charge in [-0.15, -0.1) is 0 Å². The molecule has 0 saturated carbocycles. The van der Waals surface area contributed by atoms with Crippen LogP contribution in [0, 0.1) is 6.92 Å². The van der Waals surface area contributed by atoms with Gasteiger partial charge in [0, 0.05) is 28.1 Å². The lowest BCUT2D eigenvalue weighted by atomic mass is 10.1. The molecular formula is C10H11BrN2. The third-order valence-corrected chi connectivity index (χ3v) is 3.20. The van der Waals surface area contributed by atoms with Crippen molar-refractivity contribution in [3.05, 3.63) is 33.9 Å². The maximum absolute atomic E-state index is 5.64. The van der Waals surface area contributed by atoms with Crippen LogP contribution in [-0.4, -0.2) is 4.98 Å². The maximum Gasteiger partial charge on any atom is 0.0460 e. The number of aromatic amines is 1. The molecule has 2 aromatic rings. The van der Waals surface area contributed by atoms with Gasteiger partial charge in [0.1, 0.15) is 0 Å². The molecule has 0 aliphatic rings. The molecule has 0 bridgehead atoms. The zero-order chi connectivity index (χ0) is 9.42. The summed E-state index contributed by atoms with van der Waals surface area (Å²) >= 11 is 3.51. The fourth-order valence-electron chi connectivity index (χ4n) is 1.62. The van der Waals surface area contributed by atoms with E-state index in [-0.39, 0.29) is 0 Å². The highest BCUT2D eigenvalue weighted by Gasteiger charge is 2.06. The molecule has 1 heterocycles. The lowest BCUT2D eigenvalue weighted by molar-refractivity contribution is 1.08. The number of hydrogen-bond acceptors (Lipinski definition) is 1. The van der Waals surface area contributed by atoms with E-state index in [1.165, 1.54) is 16.5 Å². The second kappa shape index (κ2) is 3.16. The number of halogens is 1. The summed E-state index contributed by atoms with van der Waals surface area (Å²) in [6.45, 7) is 2.68. The first kappa shape index (κ1) is 8.78. The highest BCUT2D eigenvalue weighted by atomic mass is 79.9. The van der Waals surface area contributed by atoms with Crippen LogP contribution >= 0.6 is 15.9 Å². The van der Waals surface area contributed by atoms with Gasteiger partial charge in [-0.25, -0.2) is 0 Å². The van der Waals surface area contributed by atoms with Crippen molar-refractivity contribution >= 4 is 26.8 Å². The van der Waals surface area contributed by atoms with Gasteiger partial charge in [0.25, 0.3) is 0 Å². The van der Waals surface area contributed by atoms with Crippen LogP contribution in [-0.2, 0) is 6.54 Å². The van der Waals surface area contributed by atoms with Gasteiger partial charge in [0.15, 0.2) is 0 Å². The third kappa shape index (κ3) is 1.28. The minimum Gasteiger partial charge on any atom is -0.361 e. The summed E-state index contributed by atoms with van der Waals surface area (Å²) < 4.78 is 1.13. The molecule has 0 aliphatic heterocycles. The molecule has 0 unspecified atom stereocenters. The van der Waals surface area contributed by atoms with Gasteiger partial charge >= 0.3 is 0 Å². The van der Waals surface area contributed by atoms with Crippen molar-refractivity contribution in [1.82, 2.24) is 4.98 Å². The fraction of sp³-hybridized carbons (Fsp3) is 0.200. The molecule has 2 rings (SSSR count). The summed E-state index contributed by atoms with van der Waals surface area (Å²) in [7, 11) is 0. The molecule has 0 aliphatic carbocycles. The Hall–Kier alpha value is -0.800. The zero-order valence-corrected chi connectivity index (χ0v) is 8.98. The normalized spacial score (nSPS) is 11.0. The number of H-pyrrole nitrogens is 1. The summed E-state index contributed by atoms with van der Waals surface area (Å²) in [5, 5.41) is 1.25. The van der Waals surface area contributed by atoms with Crippen LogP contribution in [0.15, 0.2) is 22.8 Å². The van der Waals surface area contributed by atoms with E-state index in [0.29, 0.717) is 6.54 Å². The quantitative estimate of drug-likeness (QED) is 0.789. The predicted octanol–water partition coefficient (Wildman–Crippen LogP) is 2.70. The Morgan fingerprint density at radius 1 is 1.46 bits per heavy atom. The average molecular weight is 239 g/mol. The Morgan fingerprint density at radius 3 is 2.92 bits per heavy atom. The van der Waals surface area contributed by atoms with Crippen LogP contribution in [0.4, 0.5) is 0 Å². The fourth-order valence-corrected chi connectivity index (χ4v) is 1.95. The number of hydrogen-bond donors (Lipinski definition) is 2. The number of benzene rings is 1. The summed E-state index contributed by atoms with van der Waals surface area (Å²) in [5.41, 5.74) is 9.22. The third-order valence-electron chi connectivity index (χ3n) is 2.34. The van der Waals surface area contributed by atoms with Crippen LogP contribution in [0.2, 0.25) is 0 Å². The Kier molecular flexibility index (Phi) is 2.14. The highest BCUT2D eigenvalue weighted by molar-refractivity contribution is 9.10. The molecule has 2 nitrogen and oxygen atoms in total.